The molecule has 3 aromatic rings. The number of benzene rings is 1. The number of carbonyl (C=O) groups excluding carboxylic acids is 1. The van der Waals surface area contributed by atoms with E-state index in [1.165, 1.54) is 18.3 Å². The van der Waals surface area contributed by atoms with Gasteiger partial charge in [0.1, 0.15) is 28.5 Å². The summed E-state index contributed by atoms with van der Waals surface area (Å²) in [4.78, 5) is 27.6. The van der Waals surface area contributed by atoms with E-state index in [-0.39, 0.29) is 11.6 Å². The van der Waals surface area contributed by atoms with Crippen molar-refractivity contribution in [1.82, 2.24) is 14.8 Å². The molecule has 0 fully saturated rings. The number of carbonyl (C=O) groups is 2. The largest absolute Gasteiger partial charge is 0.487 e. The summed E-state index contributed by atoms with van der Waals surface area (Å²) >= 11 is 0. The van der Waals surface area contributed by atoms with Crippen molar-refractivity contribution in [3.63, 3.8) is 0 Å². The number of rotatable bonds is 5. The SMILES string of the molecule is Cn1ccc(NC(=O)c2cc(Oc3ccc(C(=O)O)nc3)c3c(c2)OC(C)(C)C3)n1. The van der Waals surface area contributed by atoms with Crippen LogP contribution in [0.25, 0.3) is 0 Å². The summed E-state index contributed by atoms with van der Waals surface area (Å²) in [5.41, 5.74) is 0.654. The van der Waals surface area contributed by atoms with E-state index in [1.54, 1.807) is 36.1 Å². The first-order valence-corrected chi connectivity index (χ1v) is 9.24. The lowest BCUT2D eigenvalue weighted by atomic mass is 9.99. The van der Waals surface area contributed by atoms with Crippen LogP contribution in [0.3, 0.4) is 0 Å². The molecular weight excluding hydrogens is 388 g/mol. The summed E-state index contributed by atoms with van der Waals surface area (Å²) in [6, 6.07) is 7.88. The number of nitrogens with zero attached hydrogens (tertiary/aromatic N) is 3. The minimum Gasteiger partial charge on any atom is -0.487 e. The van der Waals surface area contributed by atoms with Gasteiger partial charge in [-0.1, -0.05) is 0 Å². The maximum atomic E-state index is 12.8. The Labute approximate surface area is 172 Å². The van der Waals surface area contributed by atoms with Gasteiger partial charge in [-0.2, -0.15) is 5.10 Å². The van der Waals surface area contributed by atoms with Crippen LogP contribution in [-0.4, -0.2) is 37.3 Å². The van der Waals surface area contributed by atoms with E-state index in [4.69, 9.17) is 14.6 Å². The topological polar surface area (TPSA) is 116 Å². The first-order valence-electron chi connectivity index (χ1n) is 9.24. The lowest BCUT2D eigenvalue weighted by Gasteiger charge is -2.16. The quantitative estimate of drug-likeness (QED) is 0.666. The average molecular weight is 408 g/mol. The van der Waals surface area contributed by atoms with E-state index in [1.807, 2.05) is 13.8 Å². The molecule has 0 bridgehead atoms. The van der Waals surface area contributed by atoms with E-state index in [2.05, 4.69) is 15.4 Å². The molecule has 1 aliphatic heterocycles. The molecular formula is C21H20N4O5. The van der Waals surface area contributed by atoms with Crippen LogP contribution in [0.4, 0.5) is 5.82 Å². The molecule has 1 amide bonds. The molecule has 3 heterocycles. The molecule has 4 rings (SSSR count). The molecule has 0 saturated heterocycles. The number of aromatic carboxylic acids is 1. The Bertz CT molecular complexity index is 1130. The maximum Gasteiger partial charge on any atom is 0.354 e. The number of pyridine rings is 1. The summed E-state index contributed by atoms with van der Waals surface area (Å²) in [5, 5.41) is 15.9. The fraction of sp³-hybridized carbons (Fsp3) is 0.238. The molecule has 1 aromatic carbocycles. The number of carboxylic acid groups (broad SMARTS) is 1. The third-order valence-electron chi connectivity index (χ3n) is 4.56. The number of ether oxygens (including phenoxy) is 2. The molecule has 1 aliphatic rings. The summed E-state index contributed by atoms with van der Waals surface area (Å²) in [6.45, 7) is 3.90. The van der Waals surface area contributed by atoms with Gasteiger partial charge in [-0.05, 0) is 38.1 Å². The van der Waals surface area contributed by atoms with Gasteiger partial charge in [0, 0.05) is 36.9 Å². The highest BCUT2D eigenvalue weighted by atomic mass is 16.5. The van der Waals surface area contributed by atoms with Crippen molar-refractivity contribution in [1.29, 1.82) is 0 Å². The number of hydrogen-bond donors (Lipinski definition) is 2. The number of carboxylic acids is 1. The van der Waals surface area contributed by atoms with E-state index < -0.39 is 11.6 Å². The van der Waals surface area contributed by atoms with Crippen LogP contribution in [0, 0.1) is 0 Å². The molecule has 0 aliphatic carbocycles. The molecule has 154 valence electrons. The summed E-state index contributed by atoms with van der Waals surface area (Å²) < 4.78 is 13.5. The summed E-state index contributed by atoms with van der Waals surface area (Å²) in [6.07, 6.45) is 3.66. The first kappa shape index (κ1) is 19.4. The third kappa shape index (κ3) is 3.95. The molecule has 0 radical (unpaired) electrons. The molecule has 0 saturated carbocycles. The van der Waals surface area contributed by atoms with Crippen LogP contribution in [0.1, 0.15) is 40.3 Å². The molecule has 9 heteroatoms. The second kappa shape index (κ2) is 7.18. The minimum atomic E-state index is -1.12. The van der Waals surface area contributed by atoms with Gasteiger partial charge in [-0.25, -0.2) is 9.78 Å². The highest BCUT2D eigenvalue weighted by molar-refractivity contribution is 6.04. The number of nitrogens with one attached hydrogen (secondary N) is 1. The van der Waals surface area contributed by atoms with E-state index in [0.29, 0.717) is 35.1 Å². The highest BCUT2D eigenvalue weighted by Crippen LogP contribution is 2.43. The Morgan fingerprint density at radius 2 is 2.07 bits per heavy atom. The lowest BCUT2D eigenvalue weighted by molar-refractivity contribution is 0.0690. The van der Waals surface area contributed by atoms with Gasteiger partial charge < -0.3 is 19.9 Å². The van der Waals surface area contributed by atoms with Crippen molar-refractivity contribution in [3.05, 3.63) is 59.5 Å². The zero-order valence-electron chi connectivity index (χ0n) is 16.7. The Morgan fingerprint density at radius 3 is 2.70 bits per heavy atom. The van der Waals surface area contributed by atoms with Gasteiger partial charge in [0.25, 0.3) is 5.91 Å². The van der Waals surface area contributed by atoms with Crippen molar-refractivity contribution >= 4 is 17.7 Å². The number of anilines is 1. The Balaban J connectivity index is 1.66. The fourth-order valence-corrected chi connectivity index (χ4v) is 3.23. The van der Waals surface area contributed by atoms with Crippen LogP contribution < -0.4 is 14.8 Å². The van der Waals surface area contributed by atoms with Crippen LogP contribution in [0.2, 0.25) is 0 Å². The lowest BCUT2D eigenvalue weighted by Crippen LogP contribution is -2.24. The van der Waals surface area contributed by atoms with E-state index in [9.17, 15) is 9.59 Å². The second-order valence-corrected chi connectivity index (χ2v) is 7.60. The molecule has 9 nitrogen and oxygen atoms in total. The zero-order valence-corrected chi connectivity index (χ0v) is 16.7. The molecule has 0 atom stereocenters. The fourth-order valence-electron chi connectivity index (χ4n) is 3.23. The smallest absolute Gasteiger partial charge is 0.354 e. The van der Waals surface area contributed by atoms with Crippen LogP contribution >= 0.6 is 0 Å². The van der Waals surface area contributed by atoms with Crippen molar-refractivity contribution < 1.29 is 24.2 Å². The van der Waals surface area contributed by atoms with Crippen LogP contribution in [-0.2, 0) is 13.5 Å². The second-order valence-electron chi connectivity index (χ2n) is 7.60. The molecule has 2 N–H and O–H groups in total. The molecule has 0 unspecified atom stereocenters. The standard InChI is InChI=1S/C21H20N4O5/c1-21(2)10-14-16(29-13-4-5-15(20(27)28)22-11-13)8-12(9-17(14)30-21)19(26)23-18-6-7-25(3)24-18/h4-9,11H,10H2,1-3H3,(H,27,28)(H,23,24,26). The maximum absolute atomic E-state index is 12.8. The molecule has 2 aromatic heterocycles. The van der Waals surface area contributed by atoms with Crippen molar-refractivity contribution in [2.45, 2.75) is 25.9 Å². The average Bonchev–Trinajstić information content (AvgIpc) is 3.23. The number of aryl methyl sites for hydroxylation is 1. The normalized spacial score (nSPS) is 14.0. The van der Waals surface area contributed by atoms with Crippen molar-refractivity contribution in [3.8, 4) is 17.2 Å². The van der Waals surface area contributed by atoms with Gasteiger partial charge >= 0.3 is 5.97 Å². The highest BCUT2D eigenvalue weighted by Gasteiger charge is 2.34. The van der Waals surface area contributed by atoms with Crippen LogP contribution in [0.5, 0.6) is 17.2 Å². The van der Waals surface area contributed by atoms with E-state index >= 15 is 0 Å². The predicted molar refractivity (Wildman–Crippen MR) is 107 cm³/mol. The Morgan fingerprint density at radius 1 is 1.27 bits per heavy atom. The molecule has 30 heavy (non-hydrogen) atoms. The molecule has 0 spiro atoms. The Hall–Kier alpha value is -3.88. The number of amides is 1. The minimum absolute atomic E-state index is 0.0828. The van der Waals surface area contributed by atoms with Crippen LogP contribution in [0.15, 0.2) is 42.7 Å². The monoisotopic (exact) mass is 408 g/mol. The van der Waals surface area contributed by atoms with Crippen molar-refractivity contribution in [2.24, 2.45) is 7.05 Å². The Kier molecular flexibility index (Phi) is 4.65. The summed E-state index contributed by atoms with van der Waals surface area (Å²) in [7, 11) is 1.76. The zero-order chi connectivity index (χ0) is 21.5. The predicted octanol–water partition coefficient (Wildman–Crippen LogP) is 3.27. The number of hydrogen-bond acceptors (Lipinski definition) is 6. The van der Waals surface area contributed by atoms with Crippen molar-refractivity contribution in [2.75, 3.05) is 5.32 Å². The summed E-state index contributed by atoms with van der Waals surface area (Å²) in [5.74, 6) is 0.335. The van der Waals surface area contributed by atoms with E-state index in [0.717, 1.165) is 5.56 Å². The van der Waals surface area contributed by atoms with Gasteiger partial charge in [0.15, 0.2) is 5.82 Å². The van der Waals surface area contributed by atoms with Gasteiger partial charge in [-0.15, -0.1) is 0 Å². The number of aromatic nitrogens is 3. The first-order chi connectivity index (χ1) is 14.2. The van der Waals surface area contributed by atoms with Gasteiger partial charge in [0.05, 0.1) is 6.20 Å². The number of fused-ring (bicyclic) bond motifs is 1. The van der Waals surface area contributed by atoms with Gasteiger partial charge in [0.2, 0.25) is 0 Å². The third-order valence-corrected chi connectivity index (χ3v) is 4.56. The van der Waals surface area contributed by atoms with Gasteiger partial charge in [-0.3, -0.25) is 9.48 Å².